The number of hydrogen-bond acceptors (Lipinski definition) is 5. The number of H-pyrrole nitrogens is 1. The van der Waals surface area contributed by atoms with Gasteiger partial charge in [-0.25, -0.2) is 9.59 Å². The molecule has 2 aromatic rings. The number of methoxy groups -OCH3 is 1. The maximum atomic E-state index is 11.8. The Hall–Kier alpha value is -1.60. The van der Waals surface area contributed by atoms with Gasteiger partial charge in [-0.05, 0) is 24.6 Å². The number of rotatable bonds is 4. The van der Waals surface area contributed by atoms with Crippen molar-refractivity contribution in [3.8, 4) is 0 Å². The Morgan fingerprint density at radius 3 is 2.67 bits per heavy atom. The molecule has 21 heavy (non-hydrogen) atoms. The van der Waals surface area contributed by atoms with Crippen molar-refractivity contribution in [2.24, 2.45) is 0 Å². The van der Waals surface area contributed by atoms with Gasteiger partial charge >= 0.3 is 11.7 Å². The Labute approximate surface area is 134 Å². The highest BCUT2D eigenvalue weighted by Gasteiger charge is 2.18. The van der Waals surface area contributed by atoms with Gasteiger partial charge in [0.15, 0.2) is 0 Å². The van der Waals surface area contributed by atoms with Gasteiger partial charge in [0.2, 0.25) is 0 Å². The van der Waals surface area contributed by atoms with Crippen LogP contribution in [0, 0.1) is 6.92 Å². The molecule has 0 saturated carbocycles. The Balaban J connectivity index is 2.28. The fourth-order valence-electron chi connectivity index (χ4n) is 1.74. The standard InChI is InChI=1S/C14H13BrN2O3S/c1-8-11(13(18)20-2)12(17-14(19)16-8)21-7-9-3-5-10(15)6-4-9/h3-6H,7H2,1-2H3,(H,16,17,19). The molecular formula is C14H13BrN2O3S. The first kappa shape index (κ1) is 15.8. The van der Waals surface area contributed by atoms with Crippen molar-refractivity contribution in [3.63, 3.8) is 0 Å². The number of hydrogen-bond donors (Lipinski definition) is 1. The molecule has 1 aromatic carbocycles. The van der Waals surface area contributed by atoms with Gasteiger partial charge in [-0.15, -0.1) is 11.8 Å². The van der Waals surface area contributed by atoms with Crippen LogP contribution in [0.15, 0.2) is 38.6 Å². The number of ether oxygens (including phenoxy) is 1. The summed E-state index contributed by atoms with van der Waals surface area (Å²) >= 11 is 4.71. The van der Waals surface area contributed by atoms with Crippen LogP contribution in [0.4, 0.5) is 0 Å². The van der Waals surface area contributed by atoms with Crippen molar-refractivity contribution in [2.75, 3.05) is 7.11 Å². The Bertz CT molecular complexity index is 713. The molecule has 7 heteroatoms. The molecule has 1 heterocycles. The zero-order valence-corrected chi connectivity index (χ0v) is 13.9. The summed E-state index contributed by atoms with van der Waals surface area (Å²) in [6.07, 6.45) is 0. The maximum absolute atomic E-state index is 11.8. The lowest BCUT2D eigenvalue weighted by molar-refractivity contribution is 0.0594. The van der Waals surface area contributed by atoms with E-state index in [1.54, 1.807) is 6.92 Å². The number of nitrogens with one attached hydrogen (secondary N) is 1. The first-order valence-corrected chi connectivity index (χ1v) is 7.85. The Morgan fingerprint density at radius 1 is 1.38 bits per heavy atom. The summed E-state index contributed by atoms with van der Waals surface area (Å²) in [5.41, 5.74) is 1.36. The third-order valence-corrected chi connectivity index (χ3v) is 4.34. The van der Waals surface area contributed by atoms with Gasteiger partial charge in [-0.3, -0.25) is 0 Å². The third kappa shape index (κ3) is 3.95. The lowest BCUT2D eigenvalue weighted by atomic mass is 10.2. The van der Waals surface area contributed by atoms with Crippen LogP contribution in [0.1, 0.15) is 21.6 Å². The largest absolute Gasteiger partial charge is 0.465 e. The molecule has 0 amide bonds. The molecule has 110 valence electrons. The molecule has 0 atom stereocenters. The molecule has 1 aromatic heterocycles. The minimum Gasteiger partial charge on any atom is -0.465 e. The summed E-state index contributed by atoms with van der Waals surface area (Å²) in [7, 11) is 1.30. The van der Waals surface area contributed by atoms with Crippen molar-refractivity contribution < 1.29 is 9.53 Å². The van der Waals surface area contributed by atoms with E-state index in [1.165, 1.54) is 18.9 Å². The number of carbonyl (C=O) groups excluding carboxylic acids is 1. The molecule has 0 radical (unpaired) electrons. The smallest absolute Gasteiger partial charge is 0.346 e. The molecule has 0 aliphatic heterocycles. The maximum Gasteiger partial charge on any atom is 0.346 e. The van der Waals surface area contributed by atoms with Crippen LogP contribution in [0.25, 0.3) is 0 Å². The quantitative estimate of drug-likeness (QED) is 0.510. The number of thioether (sulfide) groups is 1. The highest BCUT2D eigenvalue weighted by molar-refractivity contribution is 9.10. The fraction of sp³-hybridized carbons (Fsp3) is 0.214. The number of aryl methyl sites for hydroxylation is 1. The average Bonchev–Trinajstić information content (AvgIpc) is 2.45. The fourth-order valence-corrected chi connectivity index (χ4v) is 3.03. The van der Waals surface area contributed by atoms with Crippen molar-refractivity contribution >= 4 is 33.7 Å². The monoisotopic (exact) mass is 368 g/mol. The normalized spacial score (nSPS) is 10.4. The van der Waals surface area contributed by atoms with E-state index >= 15 is 0 Å². The molecule has 0 bridgehead atoms. The summed E-state index contributed by atoms with van der Waals surface area (Å²) in [6.45, 7) is 1.65. The van der Waals surface area contributed by atoms with Crippen LogP contribution in [0.5, 0.6) is 0 Å². The predicted molar refractivity (Wildman–Crippen MR) is 84.6 cm³/mol. The van der Waals surface area contributed by atoms with Crippen molar-refractivity contribution in [1.82, 2.24) is 9.97 Å². The third-order valence-electron chi connectivity index (χ3n) is 2.76. The zero-order valence-electron chi connectivity index (χ0n) is 11.5. The van der Waals surface area contributed by atoms with E-state index in [-0.39, 0.29) is 0 Å². The van der Waals surface area contributed by atoms with E-state index < -0.39 is 11.7 Å². The molecule has 1 N–H and O–H groups in total. The Kier molecular flexibility index (Phi) is 5.19. The highest BCUT2D eigenvalue weighted by Crippen LogP contribution is 2.25. The van der Waals surface area contributed by atoms with Gasteiger partial charge in [-0.1, -0.05) is 28.1 Å². The van der Waals surface area contributed by atoms with E-state index in [2.05, 4.69) is 25.9 Å². The van der Waals surface area contributed by atoms with Gasteiger partial charge < -0.3 is 9.72 Å². The molecule has 0 spiro atoms. The van der Waals surface area contributed by atoms with E-state index in [9.17, 15) is 9.59 Å². The number of carbonyl (C=O) groups is 1. The number of halogens is 1. The molecule has 0 aliphatic rings. The first-order chi connectivity index (χ1) is 10.0. The van der Waals surface area contributed by atoms with Crippen LogP contribution < -0.4 is 5.69 Å². The number of esters is 1. The van der Waals surface area contributed by atoms with Gasteiger partial charge in [0.25, 0.3) is 0 Å². The summed E-state index contributed by atoms with van der Waals surface area (Å²) in [6, 6.07) is 7.81. The van der Waals surface area contributed by atoms with Gasteiger partial charge in [0.05, 0.1) is 7.11 Å². The lowest BCUT2D eigenvalue weighted by Gasteiger charge is -2.08. The molecule has 2 rings (SSSR count). The highest BCUT2D eigenvalue weighted by atomic mass is 79.9. The average molecular weight is 369 g/mol. The van der Waals surface area contributed by atoms with Crippen molar-refractivity contribution in [2.45, 2.75) is 17.7 Å². The van der Waals surface area contributed by atoms with Gasteiger partial charge in [0, 0.05) is 15.9 Å². The summed E-state index contributed by atoms with van der Waals surface area (Å²) in [4.78, 5) is 29.7. The number of aromatic nitrogens is 2. The topological polar surface area (TPSA) is 72.0 Å². The van der Waals surface area contributed by atoms with E-state index in [1.807, 2.05) is 24.3 Å². The zero-order chi connectivity index (χ0) is 15.4. The SMILES string of the molecule is COC(=O)c1c(SCc2ccc(Br)cc2)nc(=O)[nH]c1C. The van der Waals surface area contributed by atoms with Crippen LogP contribution >= 0.6 is 27.7 Å². The van der Waals surface area contributed by atoms with Crippen LogP contribution in [0.2, 0.25) is 0 Å². The molecule has 0 aliphatic carbocycles. The number of nitrogens with zero attached hydrogens (tertiary/aromatic N) is 1. The first-order valence-electron chi connectivity index (χ1n) is 6.07. The van der Waals surface area contributed by atoms with E-state index in [0.717, 1.165) is 10.0 Å². The number of benzene rings is 1. The van der Waals surface area contributed by atoms with Gasteiger partial charge in [0.1, 0.15) is 10.6 Å². The molecule has 0 unspecified atom stereocenters. The predicted octanol–water partition coefficient (Wildman–Crippen LogP) is 2.92. The molecular weight excluding hydrogens is 356 g/mol. The van der Waals surface area contributed by atoms with Gasteiger partial charge in [-0.2, -0.15) is 4.98 Å². The summed E-state index contributed by atoms with van der Waals surface area (Å²) in [5, 5.41) is 0.381. The van der Waals surface area contributed by atoms with Crippen molar-refractivity contribution in [1.29, 1.82) is 0 Å². The molecule has 0 saturated heterocycles. The second kappa shape index (κ2) is 6.91. The number of aromatic amines is 1. The second-order valence-electron chi connectivity index (χ2n) is 4.25. The lowest BCUT2D eigenvalue weighted by Crippen LogP contribution is -2.19. The van der Waals surface area contributed by atoms with E-state index in [0.29, 0.717) is 22.0 Å². The van der Waals surface area contributed by atoms with Crippen LogP contribution in [0.3, 0.4) is 0 Å². The summed E-state index contributed by atoms with van der Waals surface area (Å²) < 4.78 is 5.74. The minimum atomic E-state index is -0.505. The molecule has 0 fully saturated rings. The molecule has 5 nitrogen and oxygen atoms in total. The van der Waals surface area contributed by atoms with Crippen LogP contribution in [-0.2, 0) is 10.5 Å². The van der Waals surface area contributed by atoms with Crippen molar-refractivity contribution in [3.05, 3.63) is 56.0 Å². The summed E-state index contributed by atoms with van der Waals surface area (Å²) in [5.74, 6) is 0.0993. The van der Waals surface area contributed by atoms with Crippen LogP contribution in [-0.4, -0.2) is 23.0 Å². The van der Waals surface area contributed by atoms with E-state index in [4.69, 9.17) is 4.74 Å². The second-order valence-corrected chi connectivity index (χ2v) is 6.13. The Morgan fingerprint density at radius 2 is 2.05 bits per heavy atom. The minimum absolute atomic E-state index is 0.305.